The predicted molar refractivity (Wildman–Crippen MR) is 76.6 cm³/mol. The van der Waals surface area contributed by atoms with Gasteiger partial charge >= 0.3 is 0 Å². The van der Waals surface area contributed by atoms with Crippen molar-refractivity contribution in [2.45, 2.75) is 25.7 Å². The lowest BCUT2D eigenvalue weighted by molar-refractivity contribution is 0.445. The molecule has 0 unspecified atom stereocenters. The van der Waals surface area contributed by atoms with Gasteiger partial charge in [0.05, 0.1) is 10.4 Å². The van der Waals surface area contributed by atoms with Gasteiger partial charge in [0, 0.05) is 24.7 Å². The molecule has 0 saturated carbocycles. The van der Waals surface area contributed by atoms with Crippen molar-refractivity contribution >= 4 is 20.9 Å². The van der Waals surface area contributed by atoms with E-state index in [0.29, 0.717) is 18.0 Å². The molecule has 0 amide bonds. The maximum Gasteiger partial charge on any atom is 0.243 e. The second kappa shape index (κ2) is 5.27. The smallest absolute Gasteiger partial charge is 0.243 e. The third kappa shape index (κ3) is 2.48. The first kappa shape index (κ1) is 14.0. The molecule has 0 aliphatic carbocycles. The first-order valence-corrected chi connectivity index (χ1v) is 7.80. The number of benzene rings is 1. The topological polar surface area (TPSA) is 50.3 Å². The van der Waals surface area contributed by atoms with Crippen molar-refractivity contribution in [1.82, 2.24) is 9.29 Å². The van der Waals surface area contributed by atoms with Crippen LogP contribution in [0.1, 0.15) is 19.4 Å². The Labute approximate surface area is 114 Å². The van der Waals surface area contributed by atoms with Crippen molar-refractivity contribution < 1.29 is 8.42 Å². The minimum Gasteiger partial charge on any atom is -0.256 e. The van der Waals surface area contributed by atoms with Gasteiger partial charge in [-0.1, -0.05) is 13.8 Å². The molecule has 19 heavy (non-hydrogen) atoms. The average Bonchev–Trinajstić information content (AvgIpc) is 2.40. The zero-order valence-electron chi connectivity index (χ0n) is 11.4. The Morgan fingerprint density at radius 1 is 1.16 bits per heavy atom. The fourth-order valence-corrected chi connectivity index (χ4v) is 3.62. The van der Waals surface area contributed by atoms with E-state index < -0.39 is 10.0 Å². The van der Waals surface area contributed by atoms with Gasteiger partial charge in [-0.2, -0.15) is 4.31 Å². The maximum absolute atomic E-state index is 12.5. The number of nitrogens with zero attached hydrogens (tertiary/aromatic N) is 2. The van der Waals surface area contributed by atoms with E-state index in [1.54, 1.807) is 24.4 Å². The second-order valence-corrected chi connectivity index (χ2v) is 6.33. The predicted octanol–water partition coefficient (Wildman–Crippen LogP) is 2.57. The lowest BCUT2D eigenvalue weighted by atomic mass is 10.1. The van der Waals surface area contributed by atoms with E-state index in [2.05, 4.69) is 4.98 Å². The van der Waals surface area contributed by atoms with Crippen molar-refractivity contribution in [3.05, 3.63) is 36.0 Å². The Morgan fingerprint density at radius 3 is 2.47 bits per heavy atom. The van der Waals surface area contributed by atoms with Crippen molar-refractivity contribution in [3.8, 4) is 0 Å². The minimum absolute atomic E-state index is 0.333. The number of hydrogen-bond donors (Lipinski definition) is 0. The molecule has 0 aliphatic rings. The van der Waals surface area contributed by atoms with Gasteiger partial charge in [0.1, 0.15) is 0 Å². The van der Waals surface area contributed by atoms with Crippen LogP contribution in [-0.4, -0.2) is 30.8 Å². The average molecular weight is 278 g/mol. The molecule has 1 aromatic heterocycles. The highest BCUT2D eigenvalue weighted by Crippen LogP contribution is 2.22. The van der Waals surface area contributed by atoms with Crippen molar-refractivity contribution in [2.24, 2.45) is 0 Å². The van der Waals surface area contributed by atoms with E-state index in [4.69, 9.17) is 0 Å². The van der Waals surface area contributed by atoms with Gasteiger partial charge in [0.25, 0.3) is 0 Å². The highest BCUT2D eigenvalue weighted by molar-refractivity contribution is 7.89. The molecule has 0 radical (unpaired) electrons. The molecular weight excluding hydrogens is 260 g/mol. The van der Waals surface area contributed by atoms with Crippen molar-refractivity contribution in [3.63, 3.8) is 0 Å². The quantitative estimate of drug-likeness (QED) is 0.863. The molecule has 0 bridgehead atoms. The van der Waals surface area contributed by atoms with E-state index in [1.165, 1.54) is 4.31 Å². The zero-order chi connectivity index (χ0) is 14.0. The molecule has 0 saturated heterocycles. The normalized spacial score (nSPS) is 12.2. The Balaban J connectivity index is 2.61. The number of rotatable bonds is 4. The number of fused-ring (bicyclic) bond motifs is 1. The van der Waals surface area contributed by atoms with Crippen molar-refractivity contribution in [1.29, 1.82) is 0 Å². The molecule has 2 rings (SSSR count). The third-order valence-electron chi connectivity index (χ3n) is 3.27. The van der Waals surface area contributed by atoms with Gasteiger partial charge in [-0.15, -0.1) is 0 Å². The molecule has 2 aromatic rings. The molecule has 1 heterocycles. The van der Waals surface area contributed by atoms with Gasteiger partial charge in [0.2, 0.25) is 10.0 Å². The van der Waals surface area contributed by atoms with Crippen LogP contribution in [0.2, 0.25) is 0 Å². The molecule has 5 heteroatoms. The van der Waals surface area contributed by atoms with Crippen LogP contribution in [0.3, 0.4) is 0 Å². The number of aromatic nitrogens is 1. The summed E-state index contributed by atoms with van der Waals surface area (Å²) in [7, 11) is -3.40. The first-order valence-electron chi connectivity index (χ1n) is 6.36. The van der Waals surface area contributed by atoms with E-state index in [-0.39, 0.29) is 0 Å². The summed E-state index contributed by atoms with van der Waals surface area (Å²) in [5, 5.41) is 0.885. The Hall–Kier alpha value is -1.46. The summed E-state index contributed by atoms with van der Waals surface area (Å²) >= 11 is 0. The molecule has 0 fully saturated rings. The van der Waals surface area contributed by atoms with E-state index in [0.717, 1.165) is 16.5 Å². The first-order chi connectivity index (χ1) is 9.00. The lowest BCUT2D eigenvalue weighted by Gasteiger charge is -2.18. The van der Waals surface area contributed by atoms with E-state index in [9.17, 15) is 8.42 Å². The number of hydrogen-bond acceptors (Lipinski definition) is 3. The van der Waals surface area contributed by atoms with Gasteiger partial charge in [-0.05, 0) is 36.8 Å². The SMILES string of the molecule is CCN(CC)S(=O)(=O)c1ccc2nccc(C)c2c1. The summed E-state index contributed by atoms with van der Waals surface area (Å²) in [6.07, 6.45) is 1.73. The molecule has 4 nitrogen and oxygen atoms in total. The Morgan fingerprint density at radius 2 is 1.84 bits per heavy atom. The van der Waals surface area contributed by atoms with Gasteiger partial charge in [-0.3, -0.25) is 4.98 Å². The summed E-state index contributed by atoms with van der Waals surface area (Å²) < 4.78 is 26.4. The molecule has 0 aliphatic heterocycles. The van der Waals surface area contributed by atoms with E-state index in [1.807, 2.05) is 26.8 Å². The summed E-state index contributed by atoms with van der Waals surface area (Å²) in [5.41, 5.74) is 1.85. The lowest BCUT2D eigenvalue weighted by Crippen LogP contribution is -2.30. The Kier molecular flexibility index (Phi) is 3.87. The van der Waals surface area contributed by atoms with Gasteiger partial charge in [-0.25, -0.2) is 8.42 Å². The number of sulfonamides is 1. The Bertz CT molecular complexity index is 692. The summed E-state index contributed by atoms with van der Waals surface area (Å²) in [5.74, 6) is 0. The molecular formula is C14H18N2O2S. The summed E-state index contributed by atoms with van der Waals surface area (Å²) in [6, 6.07) is 6.99. The van der Waals surface area contributed by atoms with E-state index >= 15 is 0 Å². The highest BCUT2D eigenvalue weighted by Gasteiger charge is 2.21. The minimum atomic E-state index is -3.40. The monoisotopic (exact) mass is 278 g/mol. The van der Waals surface area contributed by atoms with Crippen LogP contribution >= 0.6 is 0 Å². The van der Waals surface area contributed by atoms with Crippen LogP contribution in [0, 0.1) is 6.92 Å². The fourth-order valence-electron chi connectivity index (χ4n) is 2.14. The van der Waals surface area contributed by atoms with Crippen molar-refractivity contribution in [2.75, 3.05) is 13.1 Å². The number of pyridine rings is 1. The largest absolute Gasteiger partial charge is 0.256 e. The van der Waals surface area contributed by atoms with Crippen LogP contribution in [0.5, 0.6) is 0 Å². The zero-order valence-corrected chi connectivity index (χ0v) is 12.2. The second-order valence-electron chi connectivity index (χ2n) is 4.40. The molecule has 0 atom stereocenters. The summed E-state index contributed by atoms with van der Waals surface area (Å²) in [4.78, 5) is 4.58. The molecule has 0 spiro atoms. The molecule has 102 valence electrons. The van der Waals surface area contributed by atoms with Gasteiger partial charge < -0.3 is 0 Å². The number of aryl methyl sites for hydroxylation is 1. The maximum atomic E-state index is 12.5. The highest BCUT2D eigenvalue weighted by atomic mass is 32.2. The van der Waals surface area contributed by atoms with Crippen LogP contribution in [-0.2, 0) is 10.0 Å². The molecule has 0 N–H and O–H groups in total. The summed E-state index contributed by atoms with van der Waals surface area (Å²) in [6.45, 7) is 6.59. The standard InChI is InChI=1S/C14H18N2O2S/c1-4-16(5-2)19(17,18)12-6-7-14-13(10-12)11(3)8-9-15-14/h6-10H,4-5H2,1-3H3. The van der Waals surface area contributed by atoms with Crippen LogP contribution < -0.4 is 0 Å². The van der Waals surface area contributed by atoms with Crippen LogP contribution in [0.4, 0.5) is 0 Å². The molecule has 1 aromatic carbocycles. The fraction of sp³-hybridized carbons (Fsp3) is 0.357. The van der Waals surface area contributed by atoms with Crippen LogP contribution in [0.15, 0.2) is 35.4 Å². The third-order valence-corrected chi connectivity index (χ3v) is 5.32. The van der Waals surface area contributed by atoms with Gasteiger partial charge in [0.15, 0.2) is 0 Å². The van der Waals surface area contributed by atoms with Crippen LogP contribution in [0.25, 0.3) is 10.9 Å².